The summed E-state index contributed by atoms with van der Waals surface area (Å²) in [6.45, 7) is 3.07. The van der Waals surface area contributed by atoms with Gasteiger partial charge in [-0.25, -0.2) is 0 Å². The smallest absolute Gasteiger partial charge is 0.372 e. The lowest BCUT2D eigenvalue weighted by molar-refractivity contribution is -0.174. The van der Waals surface area contributed by atoms with Crippen LogP contribution in [0.1, 0.15) is 49.8 Å². The molecule has 0 heterocycles. The highest BCUT2D eigenvalue weighted by atomic mass is 19.4. The third kappa shape index (κ3) is 5.92. The third-order valence-electron chi connectivity index (χ3n) is 3.38. The number of halogens is 3. The Balaban J connectivity index is 2.42. The zero-order chi connectivity index (χ0) is 15.2. The fourth-order valence-electron chi connectivity index (χ4n) is 1.87. The van der Waals surface area contributed by atoms with Crippen molar-refractivity contribution in [1.82, 2.24) is 0 Å². The maximum Gasteiger partial charge on any atom is 0.411 e. The van der Waals surface area contributed by atoms with E-state index in [4.69, 9.17) is 5.73 Å². The number of rotatable bonds is 7. The van der Waals surface area contributed by atoms with Crippen LogP contribution in [0.4, 0.5) is 13.2 Å². The Bertz CT molecular complexity index is 389. The molecule has 0 spiro atoms. The van der Waals surface area contributed by atoms with E-state index < -0.39 is 12.8 Å². The van der Waals surface area contributed by atoms with Crippen LogP contribution < -0.4 is 5.73 Å². The Hall–Kier alpha value is -1.07. The minimum atomic E-state index is -4.28. The Kier molecular flexibility index (Phi) is 6.49. The van der Waals surface area contributed by atoms with Gasteiger partial charge >= 0.3 is 6.18 Å². The summed E-state index contributed by atoms with van der Waals surface area (Å²) in [5, 5.41) is 0. The van der Waals surface area contributed by atoms with Crippen molar-refractivity contribution < 1.29 is 17.9 Å². The van der Waals surface area contributed by atoms with Crippen molar-refractivity contribution in [2.75, 3.05) is 13.2 Å². The second-order valence-electron chi connectivity index (χ2n) is 5.04. The first-order valence-corrected chi connectivity index (χ1v) is 6.83. The van der Waals surface area contributed by atoms with Crippen molar-refractivity contribution in [1.29, 1.82) is 0 Å². The number of hydrogen-bond acceptors (Lipinski definition) is 2. The summed E-state index contributed by atoms with van der Waals surface area (Å²) in [6, 6.07) is 7.64. The van der Waals surface area contributed by atoms with E-state index in [0.717, 1.165) is 12.0 Å². The highest BCUT2D eigenvalue weighted by Crippen LogP contribution is 2.22. The van der Waals surface area contributed by atoms with Crippen LogP contribution in [0.2, 0.25) is 0 Å². The van der Waals surface area contributed by atoms with E-state index in [1.54, 1.807) is 0 Å². The van der Waals surface area contributed by atoms with E-state index in [-0.39, 0.29) is 12.6 Å². The molecule has 1 aromatic rings. The second kappa shape index (κ2) is 7.64. The van der Waals surface area contributed by atoms with E-state index in [0.29, 0.717) is 12.3 Å². The van der Waals surface area contributed by atoms with Gasteiger partial charge in [0.15, 0.2) is 0 Å². The van der Waals surface area contributed by atoms with Gasteiger partial charge in [-0.05, 0) is 29.9 Å². The summed E-state index contributed by atoms with van der Waals surface area (Å²) in [6.07, 6.45) is -2.84. The highest BCUT2D eigenvalue weighted by Gasteiger charge is 2.27. The Labute approximate surface area is 118 Å². The average molecular weight is 289 g/mol. The van der Waals surface area contributed by atoms with Crippen molar-refractivity contribution in [3.05, 3.63) is 35.4 Å². The van der Waals surface area contributed by atoms with Crippen LogP contribution >= 0.6 is 0 Å². The van der Waals surface area contributed by atoms with Crippen molar-refractivity contribution in [2.45, 2.75) is 44.8 Å². The van der Waals surface area contributed by atoms with Crippen LogP contribution in [0.3, 0.4) is 0 Å². The van der Waals surface area contributed by atoms with Crippen LogP contribution in [0.25, 0.3) is 0 Å². The largest absolute Gasteiger partial charge is 0.411 e. The minimum absolute atomic E-state index is 0.00773. The van der Waals surface area contributed by atoms with Crippen LogP contribution in [0, 0.1) is 0 Å². The summed E-state index contributed by atoms with van der Waals surface area (Å²) in [7, 11) is 0. The summed E-state index contributed by atoms with van der Waals surface area (Å²) >= 11 is 0. The highest BCUT2D eigenvalue weighted by molar-refractivity contribution is 5.26. The molecule has 0 aromatic heterocycles. The molecular formula is C15H22F3NO. The van der Waals surface area contributed by atoms with E-state index in [1.807, 2.05) is 24.3 Å². The molecule has 114 valence electrons. The van der Waals surface area contributed by atoms with Gasteiger partial charge in [0.05, 0.1) is 0 Å². The lowest BCUT2D eigenvalue weighted by Crippen LogP contribution is -2.19. The predicted molar refractivity (Wildman–Crippen MR) is 73.6 cm³/mol. The SMILES string of the molecule is CCC(C)c1ccc(C(N)CCOCC(F)(F)F)cc1. The maximum atomic E-state index is 11.9. The Morgan fingerprint density at radius 2 is 1.70 bits per heavy atom. The average Bonchev–Trinajstić information content (AvgIpc) is 2.41. The monoisotopic (exact) mass is 289 g/mol. The topological polar surface area (TPSA) is 35.2 Å². The molecule has 0 bridgehead atoms. The zero-order valence-electron chi connectivity index (χ0n) is 11.9. The number of hydrogen-bond donors (Lipinski definition) is 1. The van der Waals surface area contributed by atoms with Gasteiger partial charge in [-0.15, -0.1) is 0 Å². The van der Waals surface area contributed by atoms with Crippen molar-refractivity contribution in [3.63, 3.8) is 0 Å². The number of benzene rings is 1. The van der Waals surface area contributed by atoms with Gasteiger partial charge < -0.3 is 10.5 Å². The summed E-state index contributed by atoms with van der Waals surface area (Å²) in [5.41, 5.74) is 8.11. The van der Waals surface area contributed by atoms with Crippen LogP contribution in [0.15, 0.2) is 24.3 Å². The van der Waals surface area contributed by atoms with Gasteiger partial charge in [0, 0.05) is 12.6 Å². The third-order valence-corrected chi connectivity index (χ3v) is 3.38. The second-order valence-corrected chi connectivity index (χ2v) is 5.04. The van der Waals surface area contributed by atoms with E-state index in [9.17, 15) is 13.2 Å². The molecule has 0 radical (unpaired) electrons. The molecule has 0 saturated carbocycles. The van der Waals surface area contributed by atoms with Crippen molar-refractivity contribution in [3.8, 4) is 0 Å². The lowest BCUT2D eigenvalue weighted by atomic mass is 9.95. The summed E-state index contributed by atoms with van der Waals surface area (Å²) in [5.74, 6) is 0.496. The molecule has 0 saturated heterocycles. The maximum absolute atomic E-state index is 11.9. The first kappa shape index (κ1) is 17.0. The molecule has 0 aliphatic rings. The fraction of sp³-hybridized carbons (Fsp3) is 0.600. The normalized spacial score (nSPS) is 15.1. The van der Waals surface area contributed by atoms with Crippen molar-refractivity contribution >= 4 is 0 Å². The molecule has 0 aliphatic carbocycles. The van der Waals surface area contributed by atoms with E-state index in [1.165, 1.54) is 5.56 Å². The molecule has 2 atom stereocenters. The van der Waals surface area contributed by atoms with Gasteiger partial charge in [0.2, 0.25) is 0 Å². The number of nitrogens with two attached hydrogens (primary N) is 1. The van der Waals surface area contributed by atoms with Gasteiger partial charge in [0.25, 0.3) is 0 Å². The number of ether oxygens (including phenoxy) is 1. The van der Waals surface area contributed by atoms with Crippen LogP contribution in [-0.2, 0) is 4.74 Å². The van der Waals surface area contributed by atoms with E-state index in [2.05, 4.69) is 18.6 Å². The molecule has 1 rings (SSSR count). The van der Waals surface area contributed by atoms with Gasteiger partial charge in [-0.1, -0.05) is 38.1 Å². The first-order valence-electron chi connectivity index (χ1n) is 6.83. The molecule has 2 unspecified atom stereocenters. The van der Waals surface area contributed by atoms with Crippen molar-refractivity contribution in [2.24, 2.45) is 5.73 Å². The zero-order valence-corrected chi connectivity index (χ0v) is 11.9. The number of alkyl halides is 3. The molecule has 0 fully saturated rings. The molecule has 1 aromatic carbocycles. The summed E-state index contributed by atoms with van der Waals surface area (Å²) < 4.78 is 40.3. The Morgan fingerprint density at radius 1 is 1.15 bits per heavy atom. The fourth-order valence-corrected chi connectivity index (χ4v) is 1.87. The molecule has 2 nitrogen and oxygen atoms in total. The van der Waals surface area contributed by atoms with Crippen LogP contribution in [0.5, 0.6) is 0 Å². The van der Waals surface area contributed by atoms with Gasteiger partial charge in [-0.2, -0.15) is 13.2 Å². The first-order chi connectivity index (χ1) is 9.33. The molecule has 0 amide bonds. The molecular weight excluding hydrogens is 267 g/mol. The van der Waals surface area contributed by atoms with Gasteiger partial charge in [0.1, 0.15) is 6.61 Å². The lowest BCUT2D eigenvalue weighted by Gasteiger charge is -2.15. The molecule has 5 heteroatoms. The minimum Gasteiger partial charge on any atom is -0.372 e. The molecule has 20 heavy (non-hydrogen) atoms. The molecule has 2 N–H and O–H groups in total. The van der Waals surface area contributed by atoms with Gasteiger partial charge in [-0.3, -0.25) is 0 Å². The van der Waals surface area contributed by atoms with Crippen LogP contribution in [-0.4, -0.2) is 19.4 Å². The Morgan fingerprint density at radius 3 is 2.20 bits per heavy atom. The van der Waals surface area contributed by atoms with E-state index >= 15 is 0 Å². The quantitative estimate of drug-likeness (QED) is 0.765. The predicted octanol–water partition coefficient (Wildman–Crippen LogP) is 4.17. The molecule has 0 aliphatic heterocycles. The standard InChI is InChI=1S/C15H22F3NO/c1-3-11(2)12-4-6-13(7-5-12)14(19)8-9-20-10-15(16,17)18/h4-7,11,14H,3,8-10,19H2,1-2H3. The summed E-state index contributed by atoms with van der Waals surface area (Å²) in [4.78, 5) is 0.